The molecule has 2 atom stereocenters. The van der Waals surface area contributed by atoms with Crippen molar-refractivity contribution in [2.45, 2.75) is 65.6 Å². The quantitative estimate of drug-likeness (QED) is 0.926. The van der Waals surface area contributed by atoms with E-state index in [1.807, 2.05) is 13.8 Å². The minimum Gasteiger partial charge on any atom is -0.444 e. The highest BCUT2D eigenvalue weighted by Gasteiger charge is 2.46. The third-order valence-corrected chi connectivity index (χ3v) is 5.37. The Labute approximate surface area is 128 Å². The van der Waals surface area contributed by atoms with Crippen molar-refractivity contribution in [3.63, 3.8) is 0 Å². The fourth-order valence-corrected chi connectivity index (χ4v) is 3.67. The van der Waals surface area contributed by atoms with Crippen LogP contribution in [0.3, 0.4) is 0 Å². The monoisotopic (exact) mass is 291 g/mol. The molecule has 3 rings (SSSR count). The number of aryl methyl sites for hydroxylation is 2. The van der Waals surface area contributed by atoms with E-state index in [2.05, 4.69) is 36.0 Å². The van der Waals surface area contributed by atoms with Crippen LogP contribution in [0.25, 0.3) is 0 Å². The van der Waals surface area contributed by atoms with E-state index in [1.165, 1.54) is 12.8 Å². The molecule has 2 unspecified atom stereocenters. The molecular weight excluding hydrogens is 262 g/mol. The Morgan fingerprint density at radius 2 is 2.10 bits per heavy atom. The van der Waals surface area contributed by atoms with Crippen LogP contribution in [-0.4, -0.2) is 34.6 Å². The molecule has 0 amide bonds. The number of hydrogen-bond donors (Lipinski definition) is 1. The fourth-order valence-electron chi connectivity index (χ4n) is 3.67. The Morgan fingerprint density at radius 1 is 1.38 bits per heavy atom. The molecule has 1 saturated heterocycles. The number of nitrogens with zero attached hydrogens (tertiary/aromatic N) is 2. The highest BCUT2D eigenvalue weighted by Crippen LogP contribution is 2.42. The molecule has 118 valence electrons. The first-order chi connectivity index (χ1) is 9.89. The lowest BCUT2D eigenvalue weighted by atomic mass is 9.88. The smallest absolute Gasteiger partial charge is 0.208 e. The van der Waals surface area contributed by atoms with E-state index >= 15 is 0 Å². The molecule has 0 bridgehead atoms. The van der Waals surface area contributed by atoms with Gasteiger partial charge in [-0.05, 0) is 45.4 Å². The molecule has 4 nitrogen and oxygen atoms in total. The maximum Gasteiger partial charge on any atom is 0.208 e. The zero-order valence-electron chi connectivity index (χ0n) is 14.1. The molecule has 2 heterocycles. The lowest BCUT2D eigenvalue weighted by Gasteiger charge is -2.47. The molecule has 0 radical (unpaired) electrons. The second kappa shape index (κ2) is 5.40. The Bertz CT molecular complexity index is 487. The van der Waals surface area contributed by atoms with E-state index < -0.39 is 0 Å². The van der Waals surface area contributed by atoms with Gasteiger partial charge >= 0.3 is 0 Å². The van der Waals surface area contributed by atoms with Gasteiger partial charge in [-0.25, -0.2) is 4.98 Å². The van der Waals surface area contributed by atoms with Crippen LogP contribution in [0, 0.1) is 25.7 Å². The van der Waals surface area contributed by atoms with Gasteiger partial charge in [0.2, 0.25) is 5.89 Å². The number of oxazole rings is 1. The maximum absolute atomic E-state index is 5.82. The van der Waals surface area contributed by atoms with Crippen LogP contribution < -0.4 is 5.32 Å². The van der Waals surface area contributed by atoms with Gasteiger partial charge in [-0.15, -0.1) is 0 Å². The second-order valence-corrected chi connectivity index (χ2v) is 7.54. The topological polar surface area (TPSA) is 41.3 Å². The Hall–Kier alpha value is -0.870. The van der Waals surface area contributed by atoms with E-state index in [0.29, 0.717) is 12.0 Å². The molecule has 2 fully saturated rings. The fraction of sp³-hybridized carbons (Fsp3) is 0.824. The van der Waals surface area contributed by atoms with E-state index in [0.717, 1.165) is 42.9 Å². The van der Waals surface area contributed by atoms with Crippen LogP contribution >= 0.6 is 0 Å². The second-order valence-electron chi connectivity index (χ2n) is 7.54. The zero-order valence-corrected chi connectivity index (χ0v) is 14.1. The lowest BCUT2D eigenvalue weighted by molar-refractivity contribution is 0.0398. The van der Waals surface area contributed by atoms with Crippen molar-refractivity contribution >= 4 is 0 Å². The number of hydrogen-bond acceptors (Lipinski definition) is 4. The summed E-state index contributed by atoms with van der Waals surface area (Å²) in [6, 6.07) is 0.560. The number of nitrogens with one attached hydrogen (secondary N) is 1. The first kappa shape index (κ1) is 15.0. The summed E-state index contributed by atoms with van der Waals surface area (Å²) in [6.07, 6.45) is 2.75. The van der Waals surface area contributed by atoms with Crippen LogP contribution in [0.5, 0.6) is 0 Å². The molecule has 1 N–H and O–H groups in total. The van der Waals surface area contributed by atoms with Gasteiger partial charge in [-0.2, -0.15) is 0 Å². The summed E-state index contributed by atoms with van der Waals surface area (Å²) < 4.78 is 5.82. The van der Waals surface area contributed by atoms with Gasteiger partial charge in [0.1, 0.15) is 5.76 Å². The number of aromatic nitrogens is 1. The molecule has 1 aliphatic heterocycles. The summed E-state index contributed by atoms with van der Waals surface area (Å²) in [5.74, 6) is 3.31. The maximum atomic E-state index is 5.82. The Kier molecular flexibility index (Phi) is 3.87. The first-order valence-electron chi connectivity index (χ1n) is 8.31. The molecule has 1 aromatic rings. The summed E-state index contributed by atoms with van der Waals surface area (Å²) in [5.41, 5.74) is 1.29. The molecule has 1 aromatic heterocycles. The summed E-state index contributed by atoms with van der Waals surface area (Å²) >= 11 is 0. The lowest BCUT2D eigenvalue weighted by Crippen LogP contribution is -2.64. The Morgan fingerprint density at radius 3 is 2.62 bits per heavy atom. The molecule has 0 aromatic carbocycles. The van der Waals surface area contributed by atoms with Crippen LogP contribution in [0.1, 0.15) is 51.0 Å². The van der Waals surface area contributed by atoms with Gasteiger partial charge in [-0.1, -0.05) is 13.8 Å². The van der Waals surface area contributed by atoms with Gasteiger partial charge in [0.05, 0.1) is 12.2 Å². The van der Waals surface area contributed by atoms with Crippen molar-refractivity contribution in [2.24, 2.45) is 11.8 Å². The minimum atomic E-state index is 0.266. The SMILES string of the molecule is Cc1nc(CN2CC(C)(C3CC3)NCC2C(C)C)oc1C. The van der Waals surface area contributed by atoms with Crippen molar-refractivity contribution in [1.82, 2.24) is 15.2 Å². The van der Waals surface area contributed by atoms with Crippen molar-refractivity contribution < 1.29 is 4.42 Å². The average Bonchev–Trinajstić information content (AvgIpc) is 3.18. The minimum absolute atomic E-state index is 0.266. The molecule has 1 aliphatic carbocycles. The van der Waals surface area contributed by atoms with E-state index in [-0.39, 0.29) is 5.54 Å². The van der Waals surface area contributed by atoms with Crippen molar-refractivity contribution in [1.29, 1.82) is 0 Å². The van der Waals surface area contributed by atoms with Gasteiger partial charge in [0.15, 0.2) is 0 Å². The predicted octanol–water partition coefficient (Wildman–Crippen LogP) is 2.89. The first-order valence-corrected chi connectivity index (χ1v) is 8.31. The van der Waals surface area contributed by atoms with Crippen molar-refractivity contribution in [3.05, 3.63) is 17.3 Å². The van der Waals surface area contributed by atoms with Crippen molar-refractivity contribution in [2.75, 3.05) is 13.1 Å². The zero-order chi connectivity index (χ0) is 15.2. The standard InChI is InChI=1S/C17H29N3O/c1-11(2)15-8-18-17(5,14-6-7-14)10-20(15)9-16-19-12(3)13(4)21-16/h11,14-15,18H,6-10H2,1-5H3. The molecule has 4 heteroatoms. The highest BCUT2D eigenvalue weighted by molar-refractivity contribution is 5.08. The molecule has 1 saturated carbocycles. The van der Waals surface area contributed by atoms with E-state index in [4.69, 9.17) is 4.42 Å². The third-order valence-electron chi connectivity index (χ3n) is 5.37. The normalized spacial score (nSPS) is 31.0. The summed E-state index contributed by atoms with van der Waals surface area (Å²) in [6.45, 7) is 14.0. The van der Waals surface area contributed by atoms with Gasteiger partial charge in [0.25, 0.3) is 0 Å². The highest BCUT2D eigenvalue weighted by atomic mass is 16.4. The summed E-state index contributed by atoms with van der Waals surface area (Å²) in [7, 11) is 0. The van der Waals surface area contributed by atoms with Crippen LogP contribution in [0.2, 0.25) is 0 Å². The van der Waals surface area contributed by atoms with Crippen LogP contribution in [-0.2, 0) is 6.54 Å². The molecule has 21 heavy (non-hydrogen) atoms. The number of piperazine rings is 1. The summed E-state index contributed by atoms with van der Waals surface area (Å²) in [4.78, 5) is 7.17. The Balaban J connectivity index is 1.76. The number of rotatable bonds is 4. The van der Waals surface area contributed by atoms with Gasteiger partial charge in [0, 0.05) is 24.7 Å². The van der Waals surface area contributed by atoms with Gasteiger partial charge < -0.3 is 9.73 Å². The molecule has 2 aliphatic rings. The van der Waals surface area contributed by atoms with E-state index in [1.54, 1.807) is 0 Å². The summed E-state index contributed by atoms with van der Waals surface area (Å²) in [5, 5.41) is 3.83. The van der Waals surface area contributed by atoms with Crippen LogP contribution in [0.15, 0.2) is 4.42 Å². The third kappa shape index (κ3) is 3.02. The van der Waals surface area contributed by atoms with Gasteiger partial charge in [-0.3, -0.25) is 4.90 Å². The predicted molar refractivity (Wildman–Crippen MR) is 84.1 cm³/mol. The largest absolute Gasteiger partial charge is 0.444 e. The molecule has 0 spiro atoms. The van der Waals surface area contributed by atoms with E-state index in [9.17, 15) is 0 Å². The van der Waals surface area contributed by atoms with Crippen molar-refractivity contribution in [3.8, 4) is 0 Å². The molecular formula is C17H29N3O. The average molecular weight is 291 g/mol. The van der Waals surface area contributed by atoms with Crippen LogP contribution in [0.4, 0.5) is 0 Å².